The van der Waals surface area contributed by atoms with Gasteiger partial charge in [0, 0.05) is 36.6 Å². The number of carboxylic acids is 1. The fraction of sp³-hybridized carbons (Fsp3) is 0.231. The summed E-state index contributed by atoms with van der Waals surface area (Å²) in [5, 5.41) is 9.95. The number of alkyl halides is 3. The second kappa shape index (κ2) is 9.57. The summed E-state index contributed by atoms with van der Waals surface area (Å²) in [6.07, 6.45) is -1.08. The number of carboxylic acid groups (broad SMARTS) is 1. The summed E-state index contributed by atoms with van der Waals surface area (Å²) in [6.45, 7) is 1.06. The number of ether oxygens (including phenoxy) is 1. The van der Waals surface area contributed by atoms with Crippen molar-refractivity contribution in [2.24, 2.45) is 0 Å². The van der Waals surface area contributed by atoms with Gasteiger partial charge in [0.25, 0.3) is 0 Å². The van der Waals surface area contributed by atoms with Gasteiger partial charge in [-0.25, -0.2) is 14.8 Å². The number of halogens is 3. The van der Waals surface area contributed by atoms with Gasteiger partial charge in [0.2, 0.25) is 5.91 Å². The maximum Gasteiger partial charge on any atom is 0.573 e. The first-order chi connectivity index (χ1) is 17.7. The van der Waals surface area contributed by atoms with Crippen molar-refractivity contribution in [2.45, 2.75) is 32.3 Å². The van der Waals surface area contributed by atoms with Crippen molar-refractivity contribution < 1.29 is 32.6 Å². The topological polar surface area (TPSA) is 97.5 Å². The van der Waals surface area contributed by atoms with Crippen molar-refractivity contribution in [1.29, 1.82) is 0 Å². The van der Waals surface area contributed by atoms with Crippen LogP contribution in [0.3, 0.4) is 0 Å². The number of carbonyl (C=O) groups excluding carboxylic acids is 1. The number of fused-ring (bicyclic) bond motifs is 3. The zero-order chi connectivity index (χ0) is 26.2. The smallest absolute Gasteiger partial charge is 0.477 e. The molecule has 11 heteroatoms. The molecule has 4 aromatic rings. The Kier molecular flexibility index (Phi) is 6.28. The Balaban J connectivity index is 1.41. The van der Waals surface area contributed by atoms with Gasteiger partial charge in [0.05, 0.1) is 13.0 Å². The van der Waals surface area contributed by atoms with Gasteiger partial charge < -0.3 is 19.3 Å². The average molecular weight is 510 g/mol. The first-order valence-corrected chi connectivity index (χ1v) is 11.4. The molecule has 0 bridgehead atoms. The lowest BCUT2D eigenvalue weighted by atomic mass is 10.0. The van der Waals surface area contributed by atoms with Crippen molar-refractivity contribution in [3.05, 3.63) is 89.0 Å². The molecule has 4 heterocycles. The summed E-state index contributed by atoms with van der Waals surface area (Å²) in [7, 11) is 0. The first kappa shape index (κ1) is 24.3. The molecule has 0 unspecified atom stereocenters. The molecule has 1 aliphatic heterocycles. The second-order valence-electron chi connectivity index (χ2n) is 8.68. The molecule has 1 N–H and O–H groups in total. The lowest BCUT2D eigenvalue weighted by Gasteiger charge is -2.28. The van der Waals surface area contributed by atoms with Crippen molar-refractivity contribution in [1.82, 2.24) is 19.4 Å². The number of aromatic nitrogens is 3. The lowest BCUT2D eigenvalue weighted by Crippen LogP contribution is -2.37. The van der Waals surface area contributed by atoms with Gasteiger partial charge in [-0.3, -0.25) is 4.79 Å². The minimum atomic E-state index is -4.79. The van der Waals surface area contributed by atoms with Crippen molar-refractivity contribution in [2.75, 3.05) is 6.54 Å². The van der Waals surface area contributed by atoms with Crippen LogP contribution in [0.1, 0.15) is 32.9 Å². The molecule has 190 valence electrons. The van der Waals surface area contributed by atoms with E-state index < -0.39 is 12.3 Å². The average Bonchev–Trinajstić information content (AvgIpc) is 3.16. The molecule has 1 aromatic carbocycles. The van der Waals surface area contributed by atoms with Gasteiger partial charge in [-0.05, 0) is 53.4 Å². The summed E-state index contributed by atoms with van der Waals surface area (Å²) in [6, 6.07) is 12.5. The Hall–Kier alpha value is -4.41. The Bertz CT molecular complexity index is 1480. The van der Waals surface area contributed by atoms with Gasteiger partial charge in [0.1, 0.15) is 17.1 Å². The van der Waals surface area contributed by atoms with Crippen LogP contribution in [-0.4, -0.2) is 49.3 Å². The zero-order valence-electron chi connectivity index (χ0n) is 19.4. The summed E-state index contributed by atoms with van der Waals surface area (Å²) >= 11 is 0. The summed E-state index contributed by atoms with van der Waals surface area (Å²) in [4.78, 5) is 34.2. The number of hydrogen-bond acceptors (Lipinski definition) is 5. The van der Waals surface area contributed by atoms with Gasteiger partial charge in [-0.1, -0.05) is 18.2 Å². The van der Waals surface area contributed by atoms with Crippen LogP contribution >= 0.6 is 0 Å². The number of aromatic carboxylic acids is 1. The summed E-state index contributed by atoms with van der Waals surface area (Å²) < 4.78 is 44.1. The third-order valence-electron chi connectivity index (χ3n) is 6.24. The highest BCUT2D eigenvalue weighted by Gasteiger charge is 2.31. The standard InChI is InChI=1S/C26H21F3N4O4/c27-26(28,29)37-18-4-1-3-17(11-18)14-33-22-15-32(10-8-19(22)20-5-2-9-30-24(20)33)23(34)12-16-6-7-21(25(35)36)31-13-16/h1-7,9,11,13H,8,10,12,14-15H2,(H,35,36). The van der Waals surface area contributed by atoms with Crippen LogP contribution in [0.4, 0.5) is 13.2 Å². The van der Waals surface area contributed by atoms with Gasteiger partial charge >= 0.3 is 12.3 Å². The quantitative estimate of drug-likeness (QED) is 0.418. The number of hydrogen-bond donors (Lipinski definition) is 1. The minimum Gasteiger partial charge on any atom is -0.477 e. The van der Waals surface area contributed by atoms with E-state index in [9.17, 15) is 22.8 Å². The minimum absolute atomic E-state index is 0.0670. The van der Waals surface area contributed by atoms with E-state index in [4.69, 9.17) is 5.11 Å². The molecule has 3 aromatic heterocycles. The van der Waals surface area contributed by atoms with E-state index in [0.717, 1.165) is 16.6 Å². The largest absolute Gasteiger partial charge is 0.573 e. The van der Waals surface area contributed by atoms with Crippen LogP contribution in [0.5, 0.6) is 5.75 Å². The number of pyridine rings is 2. The predicted octanol–water partition coefficient (Wildman–Crippen LogP) is 4.20. The van der Waals surface area contributed by atoms with Gasteiger partial charge in [-0.2, -0.15) is 0 Å². The summed E-state index contributed by atoms with van der Waals surface area (Å²) in [5.41, 5.74) is 3.72. The third-order valence-corrected chi connectivity index (χ3v) is 6.24. The third kappa shape index (κ3) is 5.25. The number of carbonyl (C=O) groups is 2. The van der Waals surface area contributed by atoms with E-state index in [1.54, 1.807) is 23.2 Å². The molecule has 1 aliphatic rings. The fourth-order valence-corrected chi connectivity index (χ4v) is 4.61. The SMILES string of the molecule is O=C(O)c1ccc(CC(=O)N2CCc3c(n(Cc4cccc(OC(F)(F)F)c4)c4ncccc34)C2)cn1. The molecule has 0 atom stereocenters. The van der Waals surface area contributed by atoms with E-state index >= 15 is 0 Å². The Morgan fingerprint density at radius 3 is 2.62 bits per heavy atom. The van der Waals surface area contributed by atoms with Crippen LogP contribution in [-0.2, 0) is 30.7 Å². The molecule has 0 saturated carbocycles. The molecule has 1 amide bonds. The zero-order valence-corrected chi connectivity index (χ0v) is 19.4. The second-order valence-corrected chi connectivity index (χ2v) is 8.68. The lowest BCUT2D eigenvalue weighted by molar-refractivity contribution is -0.274. The highest BCUT2D eigenvalue weighted by molar-refractivity contribution is 5.86. The number of nitrogens with zero attached hydrogens (tertiary/aromatic N) is 4. The Labute approximate surface area is 208 Å². The van der Waals surface area contributed by atoms with E-state index in [0.29, 0.717) is 36.3 Å². The van der Waals surface area contributed by atoms with Gasteiger partial charge in [0.15, 0.2) is 0 Å². The maximum absolute atomic E-state index is 13.1. The van der Waals surface area contributed by atoms with E-state index in [1.165, 1.54) is 30.5 Å². The monoisotopic (exact) mass is 510 g/mol. The van der Waals surface area contributed by atoms with E-state index in [1.807, 2.05) is 16.7 Å². The fourth-order valence-electron chi connectivity index (χ4n) is 4.61. The molecular formula is C26H21F3N4O4. The number of amides is 1. The van der Waals surface area contributed by atoms with E-state index in [2.05, 4.69) is 14.7 Å². The van der Waals surface area contributed by atoms with E-state index in [-0.39, 0.29) is 30.3 Å². The normalized spacial score (nSPS) is 13.4. The number of benzene rings is 1. The van der Waals surface area contributed by atoms with Crippen molar-refractivity contribution in [3.8, 4) is 5.75 Å². The van der Waals surface area contributed by atoms with Gasteiger partial charge in [-0.15, -0.1) is 13.2 Å². The highest BCUT2D eigenvalue weighted by Crippen LogP contribution is 2.31. The molecule has 0 aliphatic carbocycles. The van der Waals surface area contributed by atoms with Crippen LogP contribution < -0.4 is 4.74 Å². The molecule has 0 radical (unpaired) electrons. The van der Waals surface area contributed by atoms with Crippen LogP contribution in [0.25, 0.3) is 11.0 Å². The summed E-state index contributed by atoms with van der Waals surface area (Å²) in [5.74, 6) is -1.58. The molecule has 8 nitrogen and oxygen atoms in total. The predicted molar refractivity (Wildman–Crippen MR) is 126 cm³/mol. The van der Waals surface area contributed by atoms with Crippen molar-refractivity contribution >= 4 is 22.9 Å². The Morgan fingerprint density at radius 1 is 1.05 bits per heavy atom. The first-order valence-electron chi connectivity index (χ1n) is 11.4. The molecule has 5 rings (SSSR count). The molecule has 0 saturated heterocycles. The number of rotatable bonds is 6. The highest BCUT2D eigenvalue weighted by atomic mass is 19.4. The molecular weight excluding hydrogens is 489 g/mol. The van der Waals surface area contributed by atoms with Crippen LogP contribution in [0.2, 0.25) is 0 Å². The maximum atomic E-state index is 13.1. The molecule has 0 fully saturated rings. The molecule has 0 spiro atoms. The van der Waals surface area contributed by atoms with Crippen LogP contribution in [0, 0.1) is 0 Å². The Morgan fingerprint density at radius 2 is 1.89 bits per heavy atom. The van der Waals surface area contributed by atoms with Crippen molar-refractivity contribution in [3.63, 3.8) is 0 Å². The van der Waals surface area contributed by atoms with Crippen LogP contribution in [0.15, 0.2) is 60.9 Å². The molecule has 37 heavy (non-hydrogen) atoms.